The van der Waals surface area contributed by atoms with Gasteiger partial charge in [0.1, 0.15) is 11.5 Å². The smallest absolute Gasteiger partial charge is 0.232 e. The lowest BCUT2D eigenvalue weighted by Gasteiger charge is -2.11. The van der Waals surface area contributed by atoms with Crippen LogP contribution >= 0.6 is 11.3 Å². The number of allylic oxidation sites excluding steroid dienone is 1. The van der Waals surface area contributed by atoms with Crippen LogP contribution in [0.4, 0.5) is 0 Å². The maximum atomic E-state index is 12.7. The van der Waals surface area contributed by atoms with Crippen LogP contribution < -0.4 is 9.47 Å². The summed E-state index contributed by atoms with van der Waals surface area (Å²) in [6, 6.07) is 14.4. The molecule has 0 bridgehead atoms. The van der Waals surface area contributed by atoms with Gasteiger partial charge >= 0.3 is 0 Å². The minimum absolute atomic E-state index is 0.0747. The highest BCUT2D eigenvalue weighted by molar-refractivity contribution is 7.11. The number of carbonyl (C=O) groups is 2. The van der Waals surface area contributed by atoms with E-state index in [2.05, 4.69) is 0 Å². The summed E-state index contributed by atoms with van der Waals surface area (Å²) in [5, 5.41) is 1.98. The van der Waals surface area contributed by atoms with E-state index in [1.165, 1.54) is 0 Å². The summed E-state index contributed by atoms with van der Waals surface area (Å²) >= 11 is 1.56. The molecule has 0 N–H and O–H groups in total. The molecule has 5 heteroatoms. The number of ketones is 2. The molecule has 0 saturated heterocycles. The molecule has 4 rings (SSSR count). The second-order valence-electron chi connectivity index (χ2n) is 6.55. The third-order valence-electron chi connectivity index (χ3n) is 4.66. The van der Waals surface area contributed by atoms with Gasteiger partial charge in [-0.25, -0.2) is 0 Å². The summed E-state index contributed by atoms with van der Waals surface area (Å²) in [5.74, 6) is 1.09. The van der Waals surface area contributed by atoms with E-state index in [0.29, 0.717) is 33.9 Å². The molecule has 0 fully saturated rings. The average Bonchev–Trinajstić information content (AvgIpc) is 3.26. The van der Waals surface area contributed by atoms with Gasteiger partial charge < -0.3 is 9.47 Å². The molecule has 0 amide bonds. The summed E-state index contributed by atoms with van der Waals surface area (Å²) in [6.45, 7) is 3.75. The number of fused-ring (bicyclic) bond motifs is 1. The Morgan fingerprint density at radius 3 is 2.61 bits per heavy atom. The number of rotatable bonds is 5. The molecule has 140 valence electrons. The molecule has 0 atom stereocenters. The molecule has 0 radical (unpaired) electrons. The highest BCUT2D eigenvalue weighted by Crippen LogP contribution is 2.39. The fourth-order valence-corrected chi connectivity index (χ4v) is 3.87. The van der Waals surface area contributed by atoms with E-state index in [-0.39, 0.29) is 18.2 Å². The van der Waals surface area contributed by atoms with Crippen molar-refractivity contribution in [3.05, 3.63) is 86.8 Å². The summed E-state index contributed by atoms with van der Waals surface area (Å²) in [7, 11) is 0. The van der Waals surface area contributed by atoms with Crippen molar-refractivity contribution in [3.8, 4) is 11.5 Å². The van der Waals surface area contributed by atoms with Crippen LogP contribution in [-0.2, 0) is 0 Å². The summed E-state index contributed by atoms with van der Waals surface area (Å²) < 4.78 is 11.6. The number of hydrogen-bond donors (Lipinski definition) is 0. The summed E-state index contributed by atoms with van der Waals surface area (Å²) in [5.41, 5.74) is 2.92. The van der Waals surface area contributed by atoms with Crippen LogP contribution in [0.15, 0.2) is 59.7 Å². The number of thiophene rings is 1. The van der Waals surface area contributed by atoms with Crippen LogP contribution in [0, 0.1) is 13.8 Å². The number of carbonyl (C=O) groups excluding carboxylic acids is 2. The van der Waals surface area contributed by atoms with Crippen molar-refractivity contribution in [1.82, 2.24) is 0 Å². The van der Waals surface area contributed by atoms with Gasteiger partial charge in [-0.3, -0.25) is 9.59 Å². The lowest BCUT2D eigenvalue weighted by atomic mass is 10.1. The first-order valence-electron chi connectivity index (χ1n) is 8.87. The number of Topliss-reactive ketones (excluding diaryl/α,β-unsaturated/α-hetero) is 2. The molecule has 1 aliphatic heterocycles. The first-order valence-corrected chi connectivity index (χ1v) is 9.75. The van der Waals surface area contributed by atoms with Gasteiger partial charge in [0, 0.05) is 22.1 Å². The molecular weight excluding hydrogens is 372 g/mol. The van der Waals surface area contributed by atoms with Crippen LogP contribution in [0.25, 0.3) is 6.08 Å². The lowest BCUT2D eigenvalue weighted by molar-refractivity contribution is 0.0920. The van der Waals surface area contributed by atoms with Crippen LogP contribution in [0.2, 0.25) is 0 Å². The quantitative estimate of drug-likeness (QED) is 0.441. The van der Waals surface area contributed by atoms with Crippen molar-refractivity contribution in [2.45, 2.75) is 13.8 Å². The van der Waals surface area contributed by atoms with E-state index in [4.69, 9.17) is 9.47 Å². The first-order chi connectivity index (χ1) is 13.5. The Balaban J connectivity index is 1.55. The van der Waals surface area contributed by atoms with E-state index >= 15 is 0 Å². The molecule has 2 heterocycles. The molecule has 2 aromatic carbocycles. The van der Waals surface area contributed by atoms with E-state index in [1.807, 2.05) is 43.5 Å². The Labute approximate surface area is 167 Å². The molecule has 0 unspecified atom stereocenters. The highest BCUT2D eigenvalue weighted by Gasteiger charge is 2.30. The average molecular weight is 390 g/mol. The van der Waals surface area contributed by atoms with Crippen molar-refractivity contribution >= 4 is 29.0 Å². The van der Waals surface area contributed by atoms with Crippen LogP contribution in [0.3, 0.4) is 0 Å². The zero-order valence-corrected chi connectivity index (χ0v) is 16.3. The van der Waals surface area contributed by atoms with Crippen molar-refractivity contribution in [3.63, 3.8) is 0 Å². The van der Waals surface area contributed by atoms with E-state index in [9.17, 15) is 9.59 Å². The second-order valence-corrected chi connectivity index (χ2v) is 7.50. The van der Waals surface area contributed by atoms with Crippen LogP contribution in [0.1, 0.15) is 36.7 Å². The predicted octanol–water partition coefficient (Wildman–Crippen LogP) is 5.24. The molecular formula is C23H18O4S. The molecule has 1 aliphatic rings. The van der Waals surface area contributed by atoms with Crippen molar-refractivity contribution in [2.75, 3.05) is 6.61 Å². The van der Waals surface area contributed by atoms with Gasteiger partial charge in [0.05, 0.1) is 5.56 Å². The fraction of sp³-hybridized carbons (Fsp3) is 0.130. The number of hydrogen-bond acceptors (Lipinski definition) is 5. The SMILES string of the molecule is Cc1ccsc1/C=C1\Oc2c(ccc(OCC(=O)c3ccccc3)c2C)C1=O. The third kappa shape index (κ3) is 3.37. The Hall–Kier alpha value is -3.18. The standard InChI is InChI=1S/C23H18O4S/c1-14-10-11-28-21(14)12-20-22(25)17-8-9-19(15(2)23(17)27-20)26-13-18(24)16-6-4-3-5-7-16/h3-12H,13H2,1-2H3/b20-12-. The molecule has 3 aromatic rings. The topological polar surface area (TPSA) is 52.6 Å². The van der Waals surface area contributed by atoms with Crippen molar-refractivity contribution in [2.24, 2.45) is 0 Å². The summed E-state index contributed by atoms with van der Waals surface area (Å²) in [4.78, 5) is 25.9. The normalized spacial score (nSPS) is 14.1. The van der Waals surface area contributed by atoms with Crippen molar-refractivity contribution in [1.29, 1.82) is 0 Å². The highest BCUT2D eigenvalue weighted by atomic mass is 32.1. The Bertz CT molecular complexity index is 1090. The summed E-state index contributed by atoms with van der Waals surface area (Å²) in [6.07, 6.45) is 1.78. The Morgan fingerprint density at radius 2 is 1.89 bits per heavy atom. The van der Waals surface area contributed by atoms with Crippen molar-refractivity contribution < 1.29 is 19.1 Å². The zero-order valence-electron chi connectivity index (χ0n) is 15.5. The van der Waals surface area contributed by atoms with Gasteiger partial charge in [-0.1, -0.05) is 30.3 Å². The van der Waals surface area contributed by atoms with Gasteiger partial charge in [0.15, 0.2) is 18.1 Å². The lowest BCUT2D eigenvalue weighted by Crippen LogP contribution is -2.12. The van der Waals surface area contributed by atoms with Gasteiger partial charge in [0.2, 0.25) is 5.78 Å². The molecule has 4 nitrogen and oxygen atoms in total. The zero-order chi connectivity index (χ0) is 19.7. The van der Waals surface area contributed by atoms with Gasteiger partial charge in [0.25, 0.3) is 0 Å². The number of benzene rings is 2. The predicted molar refractivity (Wildman–Crippen MR) is 109 cm³/mol. The molecule has 0 spiro atoms. The van der Waals surface area contributed by atoms with Gasteiger partial charge in [-0.15, -0.1) is 11.3 Å². The second kappa shape index (κ2) is 7.44. The Morgan fingerprint density at radius 1 is 1.11 bits per heavy atom. The first kappa shape index (κ1) is 18.2. The maximum absolute atomic E-state index is 12.7. The van der Waals surface area contributed by atoms with E-state index < -0.39 is 0 Å². The van der Waals surface area contributed by atoms with E-state index in [0.717, 1.165) is 10.4 Å². The third-order valence-corrected chi connectivity index (χ3v) is 5.62. The van der Waals surface area contributed by atoms with Gasteiger partial charge in [-0.2, -0.15) is 0 Å². The van der Waals surface area contributed by atoms with Gasteiger partial charge in [-0.05, 0) is 43.0 Å². The minimum atomic E-state index is -0.141. The van der Waals surface area contributed by atoms with Crippen LogP contribution in [-0.4, -0.2) is 18.2 Å². The largest absolute Gasteiger partial charge is 0.485 e. The molecule has 0 saturated carbocycles. The molecule has 0 aliphatic carbocycles. The minimum Gasteiger partial charge on any atom is -0.485 e. The molecule has 28 heavy (non-hydrogen) atoms. The maximum Gasteiger partial charge on any atom is 0.232 e. The number of ether oxygens (including phenoxy) is 2. The molecule has 1 aromatic heterocycles. The monoisotopic (exact) mass is 390 g/mol. The van der Waals surface area contributed by atoms with E-state index in [1.54, 1.807) is 41.7 Å². The Kier molecular flexibility index (Phi) is 4.84. The van der Waals surface area contributed by atoms with Crippen LogP contribution in [0.5, 0.6) is 11.5 Å². The number of aryl methyl sites for hydroxylation is 1. The fourth-order valence-electron chi connectivity index (χ4n) is 3.03.